The summed E-state index contributed by atoms with van der Waals surface area (Å²) in [6.45, 7) is 7.32. The zero-order chi connectivity index (χ0) is 20.1. The van der Waals surface area contributed by atoms with E-state index in [1.54, 1.807) is 6.07 Å². The molecule has 0 saturated carbocycles. The maximum Gasteiger partial charge on any atom is 0.209 e. The summed E-state index contributed by atoms with van der Waals surface area (Å²) >= 11 is 6.02. The van der Waals surface area contributed by atoms with Crippen LogP contribution in [0.5, 0.6) is 5.75 Å². The highest BCUT2D eigenvalue weighted by Gasteiger charge is 2.28. The molecule has 5 rings (SSSR count). The smallest absolute Gasteiger partial charge is 0.209 e. The molecule has 3 N–H and O–H groups in total. The van der Waals surface area contributed by atoms with Crippen molar-refractivity contribution >= 4 is 34.1 Å². The molecule has 0 unspecified atom stereocenters. The molecule has 7 nitrogen and oxygen atoms in total. The molecule has 0 bridgehead atoms. The van der Waals surface area contributed by atoms with Crippen molar-refractivity contribution in [2.24, 2.45) is 0 Å². The average Bonchev–Trinajstić information content (AvgIpc) is 3.32. The quantitative estimate of drug-likeness (QED) is 0.487. The number of hydrogen-bond acceptors (Lipinski definition) is 5. The van der Waals surface area contributed by atoms with Gasteiger partial charge in [0.25, 0.3) is 0 Å². The summed E-state index contributed by atoms with van der Waals surface area (Å²) in [7, 11) is 0. The lowest BCUT2D eigenvalue weighted by Crippen LogP contribution is -2.11. The van der Waals surface area contributed by atoms with Crippen molar-refractivity contribution in [3.8, 4) is 17.0 Å². The van der Waals surface area contributed by atoms with Crippen LogP contribution in [0.1, 0.15) is 17.2 Å². The summed E-state index contributed by atoms with van der Waals surface area (Å²) in [5.41, 5.74) is 10.6. The number of fused-ring (bicyclic) bond motifs is 2. The molecule has 29 heavy (non-hydrogen) atoms. The number of phenolic OH excluding ortho intramolecular Hbond substituents is 1. The molecule has 8 heteroatoms. The van der Waals surface area contributed by atoms with Gasteiger partial charge in [0.1, 0.15) is 23.6 Å². The van der Waals surface area contributed by atoms with E-state index in [4.69, 9.17) is 29.0 Å². The van der Waals surface area contributed by atoms with Gasteiger partial charge in [0.15, 0.2) is 5.65 Å². The second-order valence-electron chi connectivity index (χ2n) is 7.02. The fraction of sp³-hybridized carbons (Fsp3) is 0.143. The van der Waals surface area contributed by atoms with Gasteiger partial charge in [-0.25, -0.2) is 19.5 Å². The van der Waals surface area contributed by atoms with Crippen molar-refractivity contribution in [1.29, 1.82) is 0 Å². The Morgan fingerprint density at radius 3 is 2.59 bits per heavy atom. The second-order valence-corrected chi connectivity index (χ2v) is 7.40. The largest absolute Gasteiger partial charge is 0.508 e. The highest BCUT2D eigenvalue weighted by molar-refractivity contribution is 6.35. The van der Waals surface area contributed by atoms with Crippen LogP contribution in [0.15, 0.2) is 42.7 Å². The molecule has 4 aromatic rings. The summed E-state index contributed by atoms with van der Waals surface area (Å²) in [5, 5.41) is 15.6. The minimum atomic E-state index is -0.179. The number of aromatic hydroxyl groups is 1. The van der Waals surface area contributed by atoms with E-state index in [2.05, 4.69) is 26.9 Å². The van der Waals surface area contributed by atoms with Crippen LogP contribution in [-0.2, 0) is 12.8 Å². The van der Waals surface area contributed by atoms with E-state index in [0.717, 1.165) is 12.8 Å². The van der Waals surface area contributed by atoms with Crippen LogP contribution >= 0.6 is 11.6 Å². The van der Waals surface area contributed by atoms with Gasteiger partial charge in [0, 0.05) is 0 Å². The Labute approximate surface area is 171 Å². The third-order valence-corrected chi connectivity index (χ3v) is 5.71. The second kappa shape index (κ2) is 6.47. The third-order valence-electron chi connectivity index (χ3n) is 5.32. The number of phenols is 1. The lowest BCUT2D eigenvalue weighted by Gasteiger charge is -2.10. The Hall–Kier alpha value is -3.63. The number of aromatic nitrogens is 4. The van der Waals surface area contributed by atoms with Crippen molar-refractivity contribution < 1.29 is 5.11 Å². The molecule has 0 aliphatic heterocycles. The Kier molecular flexibility index (Phi) is 3.89. The molecule has 0 radical (unpaired) electrons. The van der Waals surface area contributed by atoms with E-state index in [0.29, 0.717) is 28.1 Å². The summed E-state index contributed by atoms with van der Waals surface area (Å²) in [6, 6.07) is 11.5. The van der Waals surface area contributed by atoms with Crippen molar-refractivity contribution in [2.75, 3.05) is 5.73 Å². The summed E-state index contributed by atoms with van der Waals surface area (Å²) in [6.07, 6.45) is 3.11. The number of nitrogens with two attached hydrogens (primary N) is 1. The number of benzene rings is 2. The minimum Gasteiger partial charge on any atom is -0.508 e. The van der Waals surface area contributed by atoms with Gasteiger partial charge in [-0.15, -0.1) is 0 Å². The van der Waals surface area contributed by atoms with Crippen molar-refractivity contribution in [1.82, 2.24) is 19.7 Å². The Morgan fingerprint density at radius 2 is 1.90 bits per heavy atom. The fourth-order valence-electron chi connectivity index (χ4n) is 3.97. The van der Waals surface area contributed by atoms with Gasteiger partial charge in [-0.3, -0.25) is 0 Å². The van der Waals surface area contributed by atoms with Crippen LogP contribution in [0.3, 0.4) is 0 Å². The first-order valence-electron chi connectivity index (χ1n) is 9.02. The molecule has 1 aliphatic rings. The lowest BCUT2D eigenvalue weighted by atomic mass is 10.1. The molecular weight excluding hydrogens is 388 g/mol. The minimum absolute atomic E-state index is 0.0166. The molecule has 2 aromatic carbocycles. The first kappa shape index (κ1) is 17.5. The van der Waals surface area contributed by atoms with Crippen LogP contribution in [-0.4, -0.2) is 24.9 Å². The third kappa shape index (κ3) is 2.69. The molecule has 0 atom stereocenters. The van der Waals surface area contributed by atoms with Crippen LogP contribution in [0.2, 0.25) is 5.02 Å². The SMILES string of the molecule is [C-]#[N+]c1cc(-c2nn(C3Cc4ccccc4C3)c3ncnc(N)c23)cc(O)c1Cl. The molecule has 0 saturated heterocycles. The zero-order valence-electron chi connectivity index (χ0n) is 15.2. The van der Waals surface area contributed by atoms with Gasteiger partial charge in [-0.2, -0.15) is 5.10 Å². The number of hydrogen-bond donors (Lipinski definition) is 2. The molecule has 2 heterocycles. The van der Waals surface area contributed by atoms with E-state index in [1.807, 2.05) is 16.8 Å². The van der Waals surface area contributed by atoms with Crippen molar-refractivity contribution in [3.05, 3.63) is 70.3 Å². The van der Waals surface area contributed by atoms with E-state index >= 15 is 0 Å². The van der Waals surface area contributed by atoms with Gasteiger partial charge in [-0.1, -0.05) is 35.9 Å². The Morgan fingerprint density at radius 1 is 1.17 bits per heavy atom. The lowest BCUT2D eigenvalue weighted by molar-refractivity contribution is 0.476. The Balaban J connectivity index is 1.71. The van der Waals surface area contributed by atoms with Gasteiger partial charge >= 0.3 is 0 Å². The maximum atomic E-state index is 10.2. The van der Waals surface area contributed by atoms with E-state index in [1.165, 1.54) is 23.5 Å². The normalized spacial score (nSPS) is 13.5. The zero-order valence-corrected chi connectivity index (χ0v) is 15.9. The van der Waals surface area contributed by atoms with Gasteiger partial charge in [0.2, 0.25) is 5.69 Å². The summed E-state index contributed by atoms with van der Waals surface area (Å²) in [4.78, 5) is 12.0. The van der Waals surface area contributed by atoms with Gasteiger partial charge in [0.05, 0.1) is 23.0 Å². The first-order valence-corrected chi connectivity index (χ1v) is 9.40. The maximum absolute atomic E-state index is 10.2. The molecule has 1 aliphatic carbocycles. The number of nitrogen functional groups attached to an aromatic ring is 1. The van der Waals surface area contributed by atoms with E-state index in [9.17, 15) is 5.11 Å². The van der Waals surface area contributed by atoms with E-state index < -0.39 is 0 Å². The average molecular weight is 403 g/mol. The monoisotopic (exact) mass is 402 g/mol. The van der Waals surface area contributed by atoms with Crippen LogP contribution in [0.4, 0.5) is 11.5 Å². The van der Waals surface area contributed by atoms with Gasteiger partial charge in [-0.05, 0) is 41.7 Å². The number of anilines is 1. The number of rotatable bonds is 2. The van der Waals surface area contributed by atoms with Crippen molar-refractivity contribution in [2.45, 2.75) is 18.9 Å². The molecule has 2 aromatic heterocycles. The topological polar surface area (TPSA) is 94.2 Å². The van der Waals surface area contributed by atoms with E-state index in [-0.39, 0.29) is 22.5 Å². The predicted octanol–water partition coefficient (Wildman–Crippen LogP) is 4.33. The highest BCUT2D eigenvalue weighted by Crippen LogP contribution is 2.41. The molecule has 142 valence electrons. The fourth-order valence-corrected chi connectivity index (χ4v) is 4.12. The van der Waals surface area contributed by atoms with Crippen LogP contribution in [0.25, 0.3) is 27.1 Å². The predicted molar refractivity (Wildman–Crippen MR) is 111 cm³/mol. The molecule has 0 amide bonds. The highest BCUT2D eigenvalue weighted by atomic mass is 35.5. The Bertz CT molecular complexity index is 1300. The molecule has 0 fully saturated rings. The molecular formula is C21H15ClN6O. The van der Waals surface area contributed by atoms with Crippen LogP contribution < -0.4 is 5.73 Å². The van der Waals surface area contributed by atoms with Crippen molar-refractivity contribution in [3.63, 3.8) is 0 Å². The summed E-state index contributed by atoms with van der Waals surface area (Å²) in [5.74, 6) is 0.118. The van der Waals surface area contributed by atoms with Crippen LogP contribution in [0, 0.1) is 6.57 Å². The standard InChI is InChI=1S/C21H15ClN6O/c1-24-15-8-13(9-16(29)18(15)22)19-17-20(23)25-10-26-21(17)28(27-19)14-6-11-4-2-3-5-12(11)7-14/h2-5,8-10,14,29H,6-7H2,(H2,23,25,26). The first-order chi connectivity index (χ1) is 14.1. The summed E-state index contributed by atoms with van der Waals surface area (Å²) < 4.78 is 1.88. The number of nitrogens with zero attached hydrogens (tertiary/aromatic N) is 5. The molecule has 0 spiro atoms. The number of halogens is 1. The van der Waals surface area contributed by atoms with Gasteiger partial charge < -0.3 is 10.8 Å².